The van der Waals surface area contributed by atoms with Crippen molar-refractivity contribution >= 4 is 0 Å². The highest BCUT2D eigenvalue weighted by Gasteiger charge is 2.28. The summed E-state index contributed by atoms with van der Waals surface area (Å²) in [5.41, 5.74) is 1.84. The fourth-order valence-electron chi connectivity index (χ4n) is 3.37. The maximum absolute atomic E-state index is 12.2. The van der Waals surface area contributed by atoms with Crippen LogP contribution in [0.1, 0.15) is 23.0 Å². The molecule has 8 nitrogen and oxygen atoms in total. The molecule has 0 bridgehead atoms. The maximum Gasteiger partial charge on any atom is 0.266 e. The van der Waals surface area contributed by atoms with E-state index >= 15 is 0 Å². The van der Waals surface area contributed by atoms with Crippen LogP contribution in [-0.4, -0.2) is 42.5 Å². The molecule has 4 rings (SSSR count). The fourth-order valence-corrected chi connectivity index (χ4v) is 3.37. The summed E-state index contributed by atoms with van der Waals surface area (Å²) in [5, 5.41) is 8.94. The van der Waals surface area contributed by atoms with Gasteiger partial charge in [0.05, 0.1) is 25.0 Å². The van der Waals surface area contributed by atoms with Gasteiger partial charge in [0.1, 0.15) is 5.76 Å². The molecule has 0 aliphatic carbocycles. The normalized spacial score (nSPS) is 15.3. The molecule has 0 unspecified atom stereocenters. The molecule has 136 valence electrons. The van der Waals surface area contributed by atoms with Gasteiger partial charge >= 0.3 is 0 Å². The van der Waals surface area contributed by atoms with Crippen LogP contribution in [0.4, 0.5) is 0 Å². The van der Waals surface area contributed by atoms with Crippen LogP contribution in [0.15, 0.2) is 33.6 Å². The van der Waals surface area contributed by atoms with Crippen LogP contribution in [-0.2, 0) is 13.1 Å². The highest BCUT2D eigenvalue weighted by Crippen LogP contribution is 2.19. The molecule has 8 heteroatoms. The lowest BCUT2D eigenvalue weighted by Gasteiger charge is -2.38. The standard InChI is InChI=1S/C18H22N6O2/c1-12-6-13(2)24(20-12)16-4-5-18(25)23(21-16)10-15-8-22(9-15)11-17-19-7-14(3)26-17/h4-7,15H,8-11H2,1-3H3. The Hall–Kier alpha value is -2.74. The lowest BCUT2D eigenvalue weighted by Crippen LogP contribution is -2.49. The average molecular weight is 354 g/mol. The highest BCUT2D eigenvalue weighted by atomic mass is 16.4. The van der Waals surface area contributed by atoms with Gasteiger partial charge in [-0.3, -0.25) is 9.69 Å². The molecule has 0 spiro atoms. The lowest BCUT2D eigenvalue weighted by molar-refractivity contribution is 0.0677. The zero-order valence-corrected chi connectivity index (χ0v) is 15.2. The summed E-state index contributed by atoms with van der Waals surface area (Å²) in [6, 6.07) is 5.27. The molecule has 1 fully saturated rings. The number of nitrogens with zero attached hydrogens (tertiary/aromatic N) is 6. The summed E-state index contributed by atoms with van der Waals surface area (Å²) >= 11 is 0. The van der Waals surface area contributed by atoms with E-state index in [1.54, 1.807) is 27.7 Å². The van der Waals surface area contributed by atoms with Crippen molar-refractivity contribution in [2.24, 2.45) is 5.92 Å². The van der Waals surface area contributed by atoms with Crippen LogP contribution in [0, 0.1) is 26.7 Å². The average Bonchev–Trinajstić information content (AvgIpc) is 3.12. The van der Waals surface area contributed by atoms with Gasteiger partial charge in [-0.25, -0.2) is 14.3 Å². The molecule has 0 saturated carbocycles. The molecule has 0 aromatic carbocycles. The maximum atomic E-state index is 12.2. The summed E-state index contributed by atoms with van der Waals surface area (Å²) in [5.74, 6) is 2.63. The third-order valence-electron chi connectivity index (χ3n) is 4.57. The molecule has 1 saturated heterocycles. The van der Waals surface area contributed by atoms with Gasteiger partial charge in [-0.15, -0.1) is 5.10 Å². The van der Waals surface area contributed by atoms with Crippen molar-refractivity contribution in [1.29, 1.82) is 0 Å². The molecule has 3 aromatic rings. The number of hydrogen-bond donors (Lipinski definition) is 0. The molecule has 1 aliphatic heterocycles. The summed E-state index contributed by atoms with van der Waals surface area (Å²) in [6.07, 6.45) is 1.74. The minimum atomic E-state index is -0.0861. The predicted molar refractivity (Wildman–Crippen MR) is 95.1 cm³/mol. The van der Waals surface area contributed by atoms with Gasteiger partial charge in [-0.1, -0.05) is 0 Å². The van der Waals surface area contributed by atoms with Crippen molar-refractivity contribution in [3.8, 4) is 5.82 Å². The molecular weight excluding hydrogens is 332 g/mol. The van der Waals surface area contributed by atoms with Crippen molar-refractivity contribution in [1.82, 2.24) is 29.4 Å². The van der Waals surface area contributed by atoms with Crippen molar-refractivity contribution < 1.29 is 4.42 Å². The van der Waals surface area contributed by atoms with E-state index in [2.05, 4.69) is 20.1 Å². The van der Waals surface area contributed by atoms with Gasteiger partial charge in [0.25, 0.3) is 5.56 Å². The predicted octanol–water partition coefficient (Wildman–Crippen LogP) is 1.47. The topological polar surface area (TPSA) is 82.0 Å². The van der Waals surface area contributed by atoms with E-state index < -0.39 is 0 Å². The number of hydrogen-bond acceptors (Lipinski definition) is 6. The monoisotopic (exact) mass is 354 g/mol. The highest BCUT2D eigenvalue weighted by molar-refractivity contribution is 5.23. The summed E-state index contributed by atoms with van der Waals surface area (Å²) < 4.78 is 8.82. The smallest absolute Gasteiger partial charge is 0.266 e. The van der Waals surface area contributed by atoms with E-state index in [4.69, 9.17) is 4.42 Å². The molecule has 0 radical (unpaired) electrons. The first-order valence-corrected chi connectivity index (χ1v) is 8.73. The first-order chi connectivity index (χ1) is 12.5. The first kappa shape index (κ1) is 16.7. The number of aromatic nitrogens is 5. The van der Waals surface area contributed by atoms with E-state index in [0.29, 0.717) is 24.8 Å². The van der Waals surface area contributed by atoms with Crippen LogP contribution in [0.3, 0.4) is 0 Å². The molecule has 1 aliphatic rings. The molecule has 26 heavy (non-hydrogen) atoms. The van der Waals surface area contributed by atoms with Crippen molar-refractivity contribution in [2.75, 3.05) is 13.1 Å². The minimum Gasteiger partial charge on any atom is -0.445 e. The Morgan fingerprint density at radius 3 is 2.65 bits per heavy atom. The second kappa shape index (κ2) is 6.53. The van der Waals surface area contributed by atoms with E-state index in [1.807, 2.05) is 26.8 Å². The Morgan fingerprint density at radius 2 is 2.00 bits per heavy atom. The van der Waals surface area contributed by atoms with Gasteiger partial charge in [0.2, 0.25) is 5.89 Å². The molecule has 0 amide bonds. The molecule has 0 atom stereocenters. The van der Waals surface area contributed by atoms with Gasteiger partial charge in [-0.2, -0.15) is 5.10 Å². The quantitative estimate of drug-likeness (QED) is 0.690. The van der Waals surface area contributed by atoms with Gasteiger partial charge in [-0.05, 0) is 32.9 Å². The van der Waals surface area contributed by atoms with Gasteiger partial charge < -0.3 is 4.42 Å². The van der Waals surface area contributed by atoms with Crippen LogP contribution < -0.4 is 5.56 Å². The van der Waals surface area contributed by atoms with E-state index in [9.17, 15) is 4.79 Å². The summed E-state index contributed by atoms with van der Waals surface area (Å²) in [6.45, 7) is 8.93. The second-order valence-electron chi connectivity index (χ2n) is 6.98. The Labute approximate surface area is 151 Å². The number of rotatable bonds is 5. The van der Waals surface area contributed by atoms with E-state index in [0.717, 1.165) is 36.1 Å². The molecule has 3 aromatic heterocycles. The van der Waals surface area contributed by atoms with Crippen molar-refractivity contribution in [3.63, 3.8) is 0 Å². The van der Waals surface area contributed by atoms with Crippen LogP contribution in [0.25, 0.3) is 5.82 Å². The third-order valence-corrected chi connectivity index (χ3v) is 4.57. The van der Waals surface area contributed by atoms with Crippen LogP contribution in [0.2, 0.25) is 0 Å². The lowest BCUT2D eigenvalue weighted by atomic mass is 10.0. The number of likely N-dealkylation sites (tertiary alicyclic amines) is 1. The van der Waals surface area contributed by atoms with Crippen LogP contribution >= 0.6 is 0 Å². The van der Waals surface area contributed by atoms with Gasteiger partial charge in [0.15, 0.2) is 5.82 Å². The summed E-state index contributed by atoms with van der Waals surface area (Å²) in [4.78, 5) is 18.7. The Balaban J connectivity index is 1.42. The number of aryl methyl sites for hydroxylation is 3. The second-order valence-corrected chi connectivity index (χ2v) is 6.98. The molecular formula is C18H22N6O2. The molecule has 0 N–H and O–H groups in total. The first-order valence-electron chi connectivity index (χ1n) is 8.73. The van der Waals surface area contributed by atoms with Crippen molar-refractivity contribution in [3.05, 3.63) is 57.8 Å². The fraction of sp³-hybridized carbons (Fsp3) is 0.444. The number of oxazole rings is 1. The third kappa shape index (κ3) is 3.32. The molecule has 4 heterocycles. The van der Waals surface area contributed by atoms with Crippen LogP contribution in [0.5, 0.6) is 0 Å². The Morgan fingerprint density at radius 1 is 1.19 bits per heavy atom. The van der Waals surface area contributed by atoms with Gasteiger partial charge in [0, 0.05) is 30.8 Å². The Bertz CT molecular complexity index is 980. The zero-order valence-electron chi connectivity index (χ0n) is 15.2. The zero-order chi connectivity index (χ0) is 18.3. The van der Waals surface area contributed by atoms with Crippen molar-refractivity contribution in [2.45, 2.75) is 33.9 Å². The van der Waals surface area contributed by atoms with E-state index in [-0.39, 0.29) is 5.56 Å². The Kier molecular flexibility index (Phi) is 4.20. The minimum absolute atomic E-state index is 0.0861. The summed E-state index contributed by atoms with van der Waals surface area (Å²) in [7, 11) is 0. The SMILES string of the molecule is Cc1cc(C)n(-c2ccc(=O)n(CC3CN(Cc4ncc(C)o4)C3)n2)n1. The van der Waals surface area contributed by atoms with E-state index in [1.165, 1.54) is 0 Å². The largest absolute Gasteiger partial charge is 0.445 e.